The van der Waals surface area contributed by atoms with Crippen LogP contribution in [0.25, 0.3) is 5.69 Å². The van der Waals surface area contributed by atoms with Crippen LogP contribution < -0.4 is 10.9 Å². The van der Waals surface area contributed by atoms with Gasteiger partial charge in [0.1, 0.15) is 5.69 Å². The third-order valence-corrected chi connectivity index (χ3v) is 6.31. The van der Waals surface area contributed by atoms with Crippen LogP contribution in [0.5, 0.6) is 0 Å². The Morgan fingerprint density at radius 1 is 1.11 bits per heavy atom. The lowest BCUT2D eigenvalue weighted by molar-refractivity contribution is -0.148. The lowest BCUT2D eigenvalue weighted by Crippen LogP contribution is -2.38. The van der Waals surface area contributed by atoms with E-state index in [1.165, 1.54) is 4.68 Å². The number of benzene rings is 1. The molecule has 1 aromatic heterocycles. The fourth-order valence-electron chi connectivity index (χ4n) is 4.94. The first-order chi connectivity index (χ1) is 12.9. The van der Waals surface area contributed by atoms with Crippen LogP contribution in [0.2, 0.25) is 0 Å². The zero-order chi connectivity index (χ0) is 19.3. The molecule has 27 heavy (non-hydrogen) atoms. The zero-order valence-corrected chi connectivity index (χ0v) is 15.4. The van der Waals surface area contributed by atoms with Gasteiger partial charge in [-0.15, -0.1) is 0 Å². The fourth-order valence-corrected chi connectivity index (χ4v) is 4.94. The lowest BCUT2D eigenvalue weighted by Gasteiger charge is -2.26. The molecule has 2 N–H and O–H groups in total. The summed E-state index contributed by atoms with van der Waals surface area (Å²) in [5, 5.41) is 12.3. The minimum atomic E-state index is -0.908. The standard InChI is InChI=1S/C20H23N3O4/c1-11-17(19(25)23(22(11)2)14-6-4-3-5-7-14)21-18(24)15-12-8-9-13(10-12)16(15)20(26)27/h3-7,12-13,15-16H,8-10H2,1-2H3,(H,21,24)(H,26,27)/t12-,13-,15-,16-/m0/s1. The highest BCUT2D eigenvalue weighted by Crippen LogP contribution is 2.52. The Hall–Kier alpha value is -2.83. The van der Waals surface area contributed by atoms with Gasteiger partial charge in [0, 0.05) is 7.05 Å². The van der Waals surface area contributed by atoms with Crippen LogP contribution in [0.1, 0.15) is 25.0 Å². The molecule has 4 atom stereocenters. The van der Waals surface area contributed by atoms with E-state index in [9.17, 15) is 19.5 Å². The second kappa shape index (κ2) is 6.40. The van der Waals surface area contributed by atoms with E-state index in [4.69, 9.17) is 0 Å². The maximum absolute atomic E-state index is 12.9. The maximum Gasteiger partial charge on any atom is 0.307 e. The summed E-state index contributed by atoms with van der Waals surface area (Å²) in [6.07, 6.45) is 2.54. The van der Waals surface area contributed by atoms with Gasteiger partial charge in [0.15, 0.2) is 0 Å². The van der Waals surface area contributed by atoms with Crippen molar-refractivity contribution < 1.29 is 14.7 Å². The molecule has 7 heteroatoms. The molecule has 2 aliphatic carbocycles. The molecule has 1 amide bonds. The Labute approximate surface area is 156 Å². The number of nitrogens with zero attached hydrogens (tertiary/aromatic N) is 2. The summed E-state index contributed by atoms with van der Waals surface area (Å²) in [4.78, 5) is 37.6. The summed E-state index contributed by atoms with van der Waals surface area (Å²) in [6.45, 7) is 1.77. The first kappa shape index (κ1) is 17.6. The number of hydrogen-bond donors (Lipinski definition) is 2. The van der Waals surface area contributed by atoms with Gasteiger partial charge in [-0.2, -0.15) is 0 Å². The van der Waals surface area contributed by atoms with E-state index in [0.29, 0.717) is 11.4 Å². The Bertz CT molecular complexity index is 960. The van der Waals surface area contributed by atoms with Crippen LogP contribution in [-0.2, 0) is 16.6 Å². The number of aromatic nitrogens is 2. The van der Waals surface area contributed by atoms with Crippen molar-refractivity contribution >= 4 is 17.6 Å². The molecule has 1 heterocycles. The summed E-state index contributed by atoms with van der Waals surface area (Å²) < 4.78 is 3.20. The second-order valence-electron chi connectivity index (χ2n) is 7.65. The fraction of sp³-hybridized carbons (Fsp3) is 0.450. The van der Waals surface area contributed by atoms with E-state index in [1.54, 1.807) is 18.7 Å². The summed E-state index contributed by atoms with van der Waals surface area (Å²) in [6, 6.07) is 9.20. The molecular formula is C20H23N3O4. The highest BCUT2D eigenvalue weighted by atomic mass is 16.4. The molecule has 0 saturated heterocycles. The number of fused-ring (bicyclic) bond motifs is 2. The molecule has 0 spiro atoms. The lowest BCUT2D eigenvalue weighted by atomic mass is 9.78. The Morgan fingerprint density at radius 2 is 1.74 bits per heavy atom. The van der Waals surface area contributed by atoms with Gasteiger partial charge in [-0.1, -0.05) is 18.2 Å². The Morgan fingerprint density at radius 3 is 2.37 bits per heavy atom. The van der Waals surface area contributed by atoms with Crippen LogP contribution in [-0.4, -0.2) is 26.3 Å². The first-order valence-electron chi connectivity index (χ1n) is 9.28. The molecule has 1 aromatic carbocycles. The average Bonchev–Trinajstić information content (AvgIpc) is 3.32. The van der Waals surface area contributed by atoms with E-state index in [2.05, 4.69) is 5.32 Å². The number of aliphatic carboxylic acids is 1. The van der Waals surface area contributed by atoms with Gasteiger partial charge in [-0.3, -0.25) is 19.1 Å². The van der Waals surface area contributed by atoms with Gasteiger partial charge in [0.25, 0.3) is 5.56 Å². The van der Waals surface area contributed by atoms with Crippen LogP contribution in [0, 0.1) is 30.6 Å². The highest BCUT2D eigenvalue weighted by Gasteiger charge is 2.54. The van der Waals surface area contributed by atoms with Gasteiger partial charge in [-0.25, -0.2) is 4.68 Å². The van der Waals surface area contributed by atoms with Gasteiger partial charge < -0.3 is 10.4 Å². The molecule has 0 unspecified atom stereocenters. The molecule has 0 radical (unpaired) electrons. The molecule has 2 fully saturated rings. The monoisotopic (exact) mass is 369 g/mol. The quantitative estimate of drug-likeness (QED) is 0.864. The van der Waals surface area contributed by atoms with Gasteiger partial charge in [0.2, 0.25) is 5.91 Å². The van der Waals surface area contributed by atoms with Crippen molar-refractivity contribution in [3.63, 3.8) is 0 Å². The number of para-hydroxylation sites is 1. The average molecular weight is 369 g/mol. The zero-order valence-electron chi connectivity index (χ0n) is 15.4. The second-order valence-corrected chi connectivity index (χ2v) is 7.65. The normalized spacial score (nSPS) is 26.3. The topological polar surface area (TPSA) is 93.3 Å². The number of carbonyl (C=O) groups excluding carboxylic acids is 1. The van der Waals surface area contributed by atoms with Gasteiger partial charge >= 0.3 is 5.97 Å². The molecule has 4 rings (SSSR count). The minimum Gasteiger partial charge on any atom is -0.481 e. The van der Waals surface area contributed by atoms with Crippen LogP contribution >= 0.6 is 0 Å². The third-order valence-electron chi connectivity index (χ3n) is 6.31. The van der Waals surface area contributed by atoms with Crippen molar-refractivity contribution in [3.05, 3.63) is 46.4 Å². The number of rotatable bonds is 4. The number of hydrogen-bond acceptors (Lipinski definition) is 3. The Kier molecular flexibility index (Phi) is 4.17. The van der Waals surface area contributed by atoms with E-state index >= 15 is 0 Å². The van der Waals surface area contributed by atoms with Crippen molar-refractivity contribution in [3.8, 4) is 5.69 Å². The largest absolute Gasteiger partial charge is 0.481 e. The molecule has 2 bridgehead atoms. The van der Waals surface area contributed by atoms with Crippen LogP contribution in [0.3, 0.4) is 0 Å². The molecular weight excluding hydrogens is 346 g/mol. The molecule has 2 aliphatic rings. The van der Waals surface area contributed by atoms with Gasteiger partial charge in [0.05, 0.1) is 23.2 Å². The van der Waals surface area contributed by atoms with Crippen molar-refractivity contribution in [1.82, 2.24) is 9.36 Å². The predicted molar refractivity (Wildman–Crippen MR) is 99.8 cm³/mol. The number of anilines is 1. The maximum atomic E-state index is 12.9. The summed E-state index contributed by atoms with van der Waals surface area (Å²) in [5.41, 5.74) is 1.24. The first-order valence-corrected chi connectivity index (χ1v) is 9.28. The Balaban J connectivity index is 1.67. The summed E-state index contributed by atoms with van der Waals surface area (Å²) in [7, 11) is 1.76. The molecule has 0 aliphatic heterocycles. The SMILES string of the molecule is Cc1c(NC(=O)[C@H]2[C@H]3CC[C@@H](C3)[C@@H]2C(=O)O)c(=O)n(-c2ccccc2)n1C. The summed E-state index contributed by atoms with van der Waals surface area (Å²) in [5.74, 6) is -2.30. The minimum absolute atomic E-state index is 0.0705. The predicted octanol–water partition coefficient (Wildman–Crippen LogP) is 2.17. The van der Waals surface area contributed by atoms with E-state index in [1.807, 2.05) is 30.3 Å². The summed E-state index contributed by atoms with van der Waals surface area (Å²) >= 11 is 0. The van der Waals surface area contributed by atoms with E-state index < -0.39 is 17.8 Å². The third kappa shape index (κ3) is 2.69. The van der Waals surface area contributed by atoms with Crippen LogP contribution in [0.15, 0.2) is 35.1 Å². The van der Waals surface area contributed by atoms with E-state index in [0.717, 1.165) is 19.3 Å². The van der Waals surface area contributed by atoms with E-state index in [-0.39, 0.29) is 29.0 Å². The number of carbonyl (C=O) groups is 2. The van der Waals surface area contributed by atoms with Crippen molar-refractivity contribution in [1.29, 1.82) is 0 Å². The number of amides is 1. The molecule has 2 saturated carbocycles. The highest BCUT2D eigenvalue weighted by molar-refractivity contribution is 5.96. The smallest absolute Gasteiger partial charge is 0.307 e. The van der Waals surface area contributed by atoms with Crippen LogP contribution in [0.4, 0.5) is 5.69 Å². The number of nitrogens with one attached hydrogen (secondary N) is 1. The molecule has 7 nitrogen and oxygen atoms in total. The van der Waals surface area contributed by atoms with Crippen molar-refractivity contribution in [2.45, 2.75) is 26.2 Å². The van der Waals surface area contributed by atoms with Gasteiger partial charge in [-0.05, 0) is 50.2 Å². The number of carboxylic acid groups (broad SMARTS) is 1. The van der Waals surface area contributed by atoms with Crippen molar-refractivity contribution in [2.24, 2.45) is 30.7 Å². The molecule has 142 valence electrons. The number of carboxylic acids is 1. The van der Waals surface area contributed by atoms with Crippen molar-refractivity contribution in [2.75, 3.05) is 5.32 Å². The molecule has 2 aromatic rings.